The van der Waals surface area contributed by atoms with Crippen molar-refractivity contribution in [3.05, 3.63) is 93.2 Å². The average molecular weight is 547 g/mol. The molecule has 37 heavy (non-hydrogen) atoms. The number of benzene rings is 2. The molecule has 1 fully saturated rings. The van der Waals surface area contributed by atoms with Crippen LogP contribution in [0.3, 0.4) is 0 Å². The Morgan fingerprint density at radius 3 is 2.51 bits per heavy atom. The molecule has 0 radical (unpaired) electrons. The summed E-state index contributed by atoms with van der Waals surface area (Å²) < 4.78 is 31.1. The normalized spacial score (nSPS) is 23.8. The zero-order chi connectivity index (χ0) is 27.1. The molecule has 2 aromatic carbocycles. The summed E-state index contributed by atoms with van der Waals surface area (Å²) in [5.41, 5.74) is 6.91. The van der Waals surface area contributed by atoms with Gasteiger partial charge in [-0.1, -0.05) is 62.2 Å². The highest BCUT2D eigenvalue weighted by Crippen LogP contribution is 2.50. The van der Waals surface area contributed by atoms with Gasteiger partial charge in [0.15, 0.2) is 0 Å². The molecule has 9 heteroatoms. The number of halogens is 4. The van der Waals surface area contributed by atoms with Crippen molar-refractivity contribution in [3.63, 3.8) is 0 Å². The van der Waals surface area contributed by atoms with Gasteiger partial charge in [0, 0.05) is 28.2 Å². The number of anilines is 1. The number of hydrogen-bond acceptors (Lipinski definition) is 4. The molecular formula is C28H30Cl2F2N4O. The molecule has 4 atom stereocenters. The fraction of sp³-hybridized carbons (Fsp3) is 0.357. The Kier molecular flexibility index (Phi) is 7.64. The van der Waals surface area contributed by atoms with Crippen molar-refractivity contribution in [3.8, 4) is 0 Å². The van der Waals surface area contributed by atoms with Gasteiger partial charge >= 0.3 is 0 Å². The Morgan fingerprint density at radius 2 is 1.89 bits per heavy atom. The van der Waals surface area contributed by atoms with Crippen LogP contribution in [0.15, 0.2) is 54.7 Å². The molecule has 196 valence electrons. The summed E-state index contributed by atoms with van der Waals surface area (Å²) >= 11 is 12.2. The Labute approximate surface area is 225 Å². The van der Waals surface area contributed by atoms with Gasteiger partial charge in [-0.3, -0.25) is 9.78 Å². The Morgan fingerprint density at radius 1 is 1.16 bits per heavy atom. The summed E-state index contributed by atoms with van der Waals surface area (Å²) in [5.74, 6) is -2.79. The van der Waals surface area contributed by atoms with Gasteiger partial charge < -0.3 is 16.4 Å². The molecule has 2 heterocycles. The van der Waals surface area contributed by atoms with E-state index in [9.17, 15) is 4.79 Å². The third kappa shape index (κ3) is 5.50. The Balaban J connectivity index is 1.91. The zero-order valence-corrected chi connectivity index (χ0v) is 22.6. The van der Waals surface area contributed by atoms with Crippen LogP contribution in [0.2, 0.25) is 10.0 Å². The number of nitrogens with two attached hydrogens (primary N) is 1. The fourth-order valence-corrected chi connectivity index (χ4v) is 5.51. The summed E-state index contributed by atoms with van der Waals surface area (Å²) in [6.45, 7) is 7.90. The van der Waals surface area contributed by atoms with Gasteiger partial charge in [0.05, 0.1) is 28.5 Å². The van der Waals surface area contributed by atoms with Crippen LogP contribution in [0, 0.1) is 24.0 Å². The number of rotatable bonds is 5. The van der Waals surface area contributed by atoms with Crippen LogP contribution in [0.4, 0.5) is 14.5 Å². The number of nitrogens with zero attached hydrogens (tertiary/aromatic N) is 1. The topological polar surface area (TPSA) is 80.0 Å². The first-order chi connectivity index (χ1) is 17.3. The van der Waals surface area contributed by atoms with Gasteiger partial charge in [0.25, 0.3) is 0 Å². The van der Waals surface area contributed by atoms with Gasteiger partial charge in [0.2, 0.25) is 5.91 Å². The molecular weight excluding hydrogens is 517 g/mol. The monoisotopic (exact) mass is 546 g/mol. The summed E-state index contributed by atoms with van der Waals surface area (Å²) in [6, 6.07) is 10.7. The lowest BCUT2D eigenvalue weighted by molar-refractivity contribution is -0.118. The second kappa shape index (κ2) is 10.3. The van der Waals surface area contributed by atoms with Crippen molar-refractivity contribution in [1.82, 2.24) is 10.3 Å². The van der Waals surface area contributed by atoms with E-state index in [1.165, 1.54) is 24.3 Å². The second-order valence-corrected chi connectivity index (χ2v) is 11.7. The van der Waals surface area contributed by atoms with Crippen molar-refractivity contribution in [2.45, 2.75) is 57.7 Å². The molecule has 0 spiro atoms. The van der Waals surface area contributed by atoms with Gasteiger partial charge in [-0.15, -0.1) is 0 Å². The van der Waals surface area contributed by atoms with Gasteiger partial charge in [-0.25, -0.2) is 8.78 Å². The molecule has 3 aromatic rings. The summed E-state index contributed by atoms with van der Waals surface area (Å²) in [7, 11) is 0. The van der Waals surface area contributed by atoms with Crippen LogP contribution >= 0.6 is 23.2 Å². The molecule has 1 aromatic heterocycles. The number of hydrogen-bond donors (Lipinski definition) is 3. The standard InChI is InChI=1S/C28H30Cl2F2N4O/c1-15-8-10-17(14-34-15)35-26(37)25-23(18-6-5-7-20(30)24(18)32)28(33,22(36-25)13-27(2,3)4)19-11-9-16(29)12-21(19)31/h5-12,14,22-23,25,36H,13,33H2,1-4H3,(H,35,37). The summed E-state index contributed by atoms with van der Waals surface area (Å²) in [6.07, 6.45) is 2.01. The molecule has 1 saturated heterocycles. The van der Waals surface area contributed by atoms with Gasteiger partial charge in [-0.2, -0.15) is 0 Å². The van der Waals surface area contributed by atoms with Crippen molar-refractivity contribution in [1.29, 1.82) is 0 Å². The van der Waals surface area contributed by atoms with Gasteiger partial charge in [-0.05, 0) is 54.7 Å². The molecule has 4 N–H and O–H groups in total. The smallest absolute Gasteiger partial charge is 0.242 e. The Hall–Kier alpha value is -2.58. The number of carbonyl (C=O) groups is 1. The van der Waals surface area contributed by atoms with E-state index in [-0.39, 0.29) is 26.6 Å². The first kappa shape index (κ1) is 27.5. The van der Waals surface area contributed by atoms with E-state index in [0.29, 0.717) is 12.1 Å². The maximum atomic E-state index is 15.6. The van der Waals surface area contributed by atoms with E-state index >= 15 is 8.78 Å². The minimum atomic E-state index is -1.53. The van der Waals surface area contributed by atoms with E-state index < -0.39 is 41.1 Å². The highest BCUT2D eigenvalue weighted by molar-refractivity contribution is 6.31. The van der Waals surface area contributed by atoms with Crippen LogP contribution in [0.25, 0.3) is 0 Å². The summed E-state index contributed by atoms with van der Waals surface area (Å²) in [4.78, 5) is 17.9. The van der Waals surface area contributed by atoms with Crippen LogP contribution in [-0.2, 0) is 10.3 Å². The van der Waals surface area contributed by atoms with E-state index in [4.69, 9.17) is 28.9 Å². The molecule has 4 rings (SSSR count). The van der Waals surface area contributed by atoms with E-state index in [1.54, 1.807) is 30.5 Å². The predicted octanol–water partition coefficient (Wildman–Crippen LogP) is 6.33. The molecule has 0 saturated carbocycles. The first-order valence-corrected chi connectivity index (χ1v) is 12.7. The maximum absolute atomic E-state index is 15.6. The van der Waals surface area contributed by atoms with E-state index in [2.05, 4.69) is 15.6 Å². The van der Waals surface area contributed by atoms with Crippen molar-refractivity contribution in [2.75, 3.05) is 5.32 Å². The lowest BCUT2D eigenvalue weighted by atomic mass is 9.68. The number of carbonyl (C=O) groups excluding carboxylic acids is 1. The van der Waals surface area contributed by atoms with Crippen LogP contribution in [0.1, 0.15) is 49.9 Å². The molecule has 4 unspecified atom stereocenters. The number of amides is 1. The third-order valence-corrected chi connectivity index (χ3v) is 7.32. The molecule has 1 amide bonds. The highest BCUT2D eigenvalue weighted by atomic mass is 35.5. The lowest BCUT2D eigenvalue weighted by Crippen LogP contribution is -2.52. The first-order valence-electron chi connectivity index (χ1n) is 12.0. The quantitative estimate of drug-likeness (QED) is 0.349. The maximum Gasteiger partial charge on any atom is 0.242 e. The Bertz CT molecular complexity index is 1310. The number of aryl methyl sites for hydroxylation is 1. The minimum Gasteiger partial charge on any atom is -0.323 e. The number of pyridine rings is 1. The molecule has 5 nitrogen and oxygen atoms in total. The number of aromatic nitrogens is 1. The molecule has 0 bridgehead atoms. The molecule has 0 aliphatic carbocycles. The lowest BCUT2D eigenvalue weighted by Gasteiger charge is -2.40. The van der Waals surface area contributed by atoms with Crippen LogP contribution in [-0.4, -0.2) is 23.0 Å². The molecule has 1 aliphatic heterocycles. The van der Waals surface area contributed by atoms with Crippen molar-refractivity contribution in [2.24, 2.45) is 11.1 Å². The largest absolute Gasteiger partial charge is 0.323 e. The van der Waals surface area contributed by atoms with Crippen molar-refractivity contribution >= 4 is 34.8 Å². The van der Waals surface area contributed by atoms with E-state index in [0.717, 1.165) is 5.69 Å². The van der Waals surface area contributed by atoms with Gasteiger partial charge in [0.1, 0.15) is 11.6 Å². The fourth-order valence-electron chi connectivity index (χ4n) is 5.17. The average Bonchev–Trinajstić information content (AvgIpc) is 3.08. The zero-order valence-electron chi connectivity index (χ0n) is 21.1. The van der Waals surface area contributed by atoms with Crippen LogP contribution in [0.5, 0.6) is 0 Å². The minimum absolute atomic E-state index is 0.113. The van der Waals surface area contributed by atoms with E-state index in [1.807, 2.05) is 27.7 Å². The van der Waals surface area contributed by atoms with Crippen LogP contribution < -0.4 is 16.4 Å². The third-order valence-electron chi connectivity index (χ3n) is 6.80. The SMILES string of the molecule is Cc1ccc(NC(=O)C2NC(CC(C)(C)C)C(N)(c3ccc(Cl)cc3F)C2c2cccc(Cl)c2F)cn1. The predicted molar refractivity (Wildman–Crippen MR) is 144 cm³/mol. The van der Waals surface area contributed by atoms with Crippen molar-refractivity contribution < 1.29 is 13.6 Å². The highest BCUT2D eigenvalue weighted by Gasteiger charge is 2.58. The second-order valence-electron chi connectivity index (χ2n) is 10.8. The molecule has 1 aliphatic rings. The summed E-state index contributed by atoms with van der Waals surface area (Å²) in [5, 5.41) is 6.28. The number of nitrogens with one attached hydrogen (secondary N) is 2.